The maximum absolute atomic E-state index is 10.1. The highest BCUT2D eigenvalue weighted by Gasteiger charge is 2.40. The number of hydrogen-bond donors (Lipinski definition) is 2. The predicted octanol–water partition coefficient (Wildman–Crippen LogP) is 4.27. The molecule has 0 fully saturated rings. The van der Waals surface area contributed by atoms with E-state index in [-0.39, 0.29) is 6.61 Å². The molecule has 2 aliphatic rings. The smallest absolute Gasteiger partial charge is 0.229 e. The van der Waals surface area contributed by atoms with Crippen molar-refractivity contribution in [1.82, 2.24) is 14.9 Å². The molecule has 0 aliphatic carbocycles. The Labute approximate surface area is 199 Å². The Balaban J connectivity index is 1.51. The van der Waals surface area contributed by atoms with Crippen LogP contribution in [-0.4, -0.2) is 53.8 Å². The molecule has 0 saturated heterocycles. The van der Waals surface area contributed by atoms with Crippen LogP contribution in [-0.2, 0) is 18.4 Å². The van der Waals surface area contributed by atoms with Gasteiger partial charge in [0, 0.05) is 30.7 Å². The number of aromatic nitrogens is 2. The molecule has 2 N–H and O–H groups in total. The van der Waals surface area contributed by atoms with Gasteiger partial charge in [0.15, 0.2) is 5.82 Å². The molecule has 0 radical (unpaired) electrons. The molecule has 1 unspecified atom stereocenters. The fourth-order valence-corrected chi connectivity index (χ4v) is 4.98. The average molecular weight is 466 g/mol. The highest BCUT2D eigenvalue weighted by Crippen LogP contribution is 2.45. The first-order chi connectivity index (χ1) is 15.9. The maximum atomic E-state index is 10.1. The molecule has 0 bridgehead atoms. The van der Waals surface area contributed by atoms with Crippen molar-refractivity contribution in [2.45, 2.75) is 25.3 Å². The molecule has 0 spiro atoms. The highest BCUT2D eigenvalue weighted by atomic mass is 35.5. The zero-order chi connectivity index (χ0) is 23.2. The van der Waals surface area contributed by atoms with E-state index < -0.39 is 5.41 Å². The standard InChI is InChI=1S/C25H28ClN5O2/c1-25(15-32)14-31(21-7-5-4-6-18(21)25)23-19(26)12-27-24(29-23)28-20-10-17-13-30(2)9-8-16(17)11-22(20)33-3/h4-7,10-12,32H,8-9,13-15H2,1-3H3,(H,27,28,29). The second kappa shape index (κ2) is 8.48. The fourth-order valence-electron chi connectivity index (χ4n) is 4.79. The molecule has 1 atom stereocenters. The van der Waals surface area contributed by atoms with Crippen LogP contribution >= 0.6 is 11.6 Å². The van der Waals surface area contributed by atoms with Crippen LogP contribution in [0.5, 0.6) is 5.75 Å². The third-order valence-corrected chi connectivity index (χ3v) is 6.92. The first kappa shape index (κ1) is 21.9. The number of benzene rings is 2. The molecule has 3 aromatic rings. The number of aliphatic hydroxyl groups is 1. The van der Waals surface area contributed by atoms with Gasteiger partial charge in [0.25, 0.3) is 0 Å². The van der Waals surface area contributed by atoms with Gasteiger partial charge in [0.2, 0.25) is 5.95 Å². The summed E-state index contributed by atoms with van der Waals surface area (Å²) in [5, 5.41) is 13.9. The van der Waals surface area contributed by atoms with Gasteiger partial charge in [0.1, 0.15) is 10.8 Å². The Bertz CT molecular complexity index is 1200. The second-order valence-corrected chi connectivity index (χ2v) is 9.53. The summed E-state index contributed by atoms with van der Waals surface area (Å²) in [5.74, 6) is 1.81. The van der Waals surface area contributed by atoms with Crippen molar-refractivity contribution in [3.05, 3.63) is 64.3 Å². The zero-order valence-electron chi connectivity index (χ0n) is 19.1. The maximum Gasteiger partial charge on any atom is 0.229 e. The van der Waals surface area contributed by atoms with E-state index in [1.165, 1.54) is 11.1 Å². The minimum absolute atomic E-state index is 0.0368. The molecule has 1 aromatic heterocycles. The van der Waals surface area contributed by atoms with Crippen molar-refractivity contribution in [3.63, 3.8) is 0 Å². The van der Waals surface area contributed by atoms with E-state index >= 15 is 0 Å². The first-order valence-corrected chi connectivity index (χ1v) is 11.5. The van der Waals surface area contributed by atoms with Crippen LogP contribution in [0.25, 0.3) is 0 Å². The average Bonchev–Trinajstić information content (AvgIpc) is 3.13. The molecule has 33 heavy (non-hydrogen) atoms. The topological polar surface area (TPSA) is 73.8 Å². The van der Waals surface area contributed by atoms with Gasteiger partial charge in [-0.2, -0.15) is 4.98 Å². The van der Waals surface area contributed by atoms with Gasteiger partial charge in [-0.1, -0.05) is 36.7 Å². The molecular formula is C25H28ClN5O2. The number of anilines is 4. The molecule has 7 nitrogen and oxygen atoms in total. The number of methoxy groups -OCH3 is 1. The molecule has 3 heterocycles. The van der Waals surface area contributed by atoms with E-state index in [4.69, 9.17) is 21.3 Å². The van der Waals surface area contributed by atoms with Crippen molar-refractivity contribution in [2.24, 2.45) is 0 Å². The van der Waals surface area contributed by atoms with Crippen LogP contribution in [0, 0.1) is 0 Å². The van der Waals surface area contributed by atoms with Crippen LogP contribution in [0.15, 0.2) is 42.6 Å². The Morgan fingerprint density at radius 1 is 1.24 bits per heavy atom. The monoisotopic (exact) mass is 465 g/mol. The quantitative estimate of drug-likeness (QED) is 0.582. The third kappa shape index (κ3) is 3.90. The second-order valence-electron chi connectivity index (χ2n) is 9.12. The highest BCUT2D eigenvalue weighted by molar-refractivity contribution is 6.33. The summed E-state index contributed by atoms with van der Waals surface area (Å²) in [6, 6.07) is 12.3. The largest absolute Gasteiger partial charge is 0.495 e. The fraction of sp³-hybridized carbons (Fsp3) is 0.360. The van der Waals surface area contributed by atoms with E-state index in [1.807, 2.05) is 18.2 Å². The van der Waals surface area contributed by atoms with E-state index in [9.17, 15) is 5.11 Å². The molecule has 172 valence electrons. The molecule has 0 saturated carbocycles. The van der Waals surface area contributed by atoms with Crippen molar-refractivity contribution in [3.8, 4) is 5.75 Å². The number of likely N-dealkylation sites (N-methyl/N-ethyl adjacent to an activating group) is 1. The molecule has 2 aliphatic heterocycles. The first-order valence-electron chi connectivity index (χ1n) is 11.1. The van der Waals surface area contributed by atoms with Gasteiger partial charge >= 0.3 is 0 Å². The summed E-state index contributed by atoms with van der Waals surface area (Å²) in [4.78, 5) is 13.6. The van der Waals surface area contributed by atoms with Crippen molar-refractivity contribution in [2.75, 3.05) is 44.1 Å². The summed E-state index contributed by atoms with van der Waals surface area (Å²) in [6.07, 6.45) is 2.62. The van der Waals surface area contributed by atoms with Crippen LogP contribution in [0.3, 0.4) is 0 Å². The minimum Gasteiger partial charge on any atom is -0.495 e. The van der Waals surface area contributed by atoms with Crippen LogP contribution < -0.4 is 15.0 Å². The number of aliphatic hydroxyl groups excluding tert-OH is 1. The SMILES string of the molecule is COc1cc2c(cc1Nc1ncc(Cl)c(N3CC(C)(CO)c4ccccc43)n1)CN(C)CC2. The van der Waals surface area contributed by atoms with E-state index in [0.717, 1.165) is 42.2 Å². The van der Waals surface area contributed by atoms with E-state index in [1.54, 1.807) is 13.3 Å². The van der Waals surface area contributed by atoms with E-state index in [0.29, 0.717) is 23.3 Å². The number of nitrogens with zero attached hydrogens (tertiary/aromatic N) is 4. The normalized spacial score (nSPS) is 19.8. The van der Waals surface area contributed by atoms with Crippen molar-refractivity contribution in [1.29, 1.82) is 0 Å². The summed E-state index contributed by atoms with van der Waals surface area (Å²) in [7, 11) is 3.80. The van der Waals surface area contributed by atoms with Crippen LogP contribution in [0.4, 0.5) is 23.1 Å². The van der Waals surface area contributed by atoms with Gasteiger partial charge in [-0.3, -0.25) is 0 Å². The number of hydrogen-bond acceptors (Lipinski definition) is 7. The molecule has 0 amide bonds. The minimum atomic E-state index is -0.397. The zero-order valence-corrected chi connectivity index (χ0v) is 19.9. The van der Waals surface area contributed by atoms with Crippen LogP contribution in [0.2, 0.25) is 5.02 Å². The molecule has 8 heteroatoms. The lowest BCUT2D eigenvalue weighted by Gasteiger charge is -2.26. The summed E-state index contributed by atoms with van der Waals surface area (Å²) in [6.45, 7) is 4.60. The van der Waals surface area contributed by atoms with Gasteiger partial charge < -0.3 is 25.0 Å². The van der Waals surface area contributed by atoms with Gasteiger partial charge in [-0.25, -0.2) is 4.98 Å². The summed E-state index contributed by atoms with van der Waals surface area (Å²) >= 11 is 6.56. The Kier molecular flexibility index (Phi) is 5.64. The number of fused-ring (bicyclic) bond motifs is 2. The Hall–Kier alpha value is -2.87. The lowest BCUT2D eigenvalue weighted by Crippen LogP contribution is -2.32. The Morgan fingerprint density at radius 2 is 2.06 bits per heavy atom. The number of ether oxygens (including phenoxy) is 1. The van der Waals surface area contributed by atoms with Gasteiger partial charge in [-0.05, 0) is 48.4 Å². The summed E-state index contributed by atoms with van der Waals surface area (Å²) in [5.41, 5.74) is 5.08. The number of nitrogens with one attached hydrogen (secondary N) is 1. The van der Waals surface area contributed by atoms with Gasteiger partial charge in [-0.15, -0.1) is 0 Å². The van der Waals surface area contributed by atoms with Gasteiger partial charge in [0.05, 0.1) is 25.6 Å². The van der Waals surface area contributed by atoms with Crippen LogP contribution in [0.1, 0.15) is 23.6 Å². The number of rotatable bonds is 5. The third-order valence-electron chi connectivity index (χ3n) is 6.65. The van der Waals surface area contributed by atoms with Crippen molar-refractivity contribution >= 4 is 34.7 Å². The Morgan fingerprint density at radius 3 is 2.85 bits per heavy atom. The lowest BCUT2D eigenvalue weighted by atomic mass is 9.86. The predicted molar refractivity (Wildman–Crippen MR) is 131 cm³/mol. The van der Waals surface area contributed by atoms with E-state index in [2.05, 4.69) is 52.3 Å². The number of para-hydroxylation sites is 1. The number of halogens is 1. The summed E-state index contributed by atoms with van der Waals surface area (Å²) < 4.78 is 5.66. The van der Waals surface area contributed by atoms with Crippen molar-refractivity contribution < 1.29 is 9.84 Å². The lowest BCUT2D eigenvalue weighted by molar-refractivity contribution is 0.216. The molecular weight excluding hydrogens is 438 g/mol. The molecule has 2 aromatic carbocycles. The molecule has 5 rings (SSSR count).